The van der Waals surface area contributed by atoms with Crippen LogP contribution < -0.4 is 9.98 Å². The molecule has 1 saturated carbocycles. The second-order valence-electron chi connectivity index (χ2n) is 6.25. The van der Waals surface area contributed by atoms with Gasteiger partial charge in [0.25, 0.3) is 0 Å². The van der Waals surface area contributed by atoms with Crippen molar-refractivity contribution >= 4 is 43.8 Å². The molecule has 2 aliphatic rings. The Bertz CT molecular complexity index is 910. The van der Waals surface area contributed by atoms with Crippen molar-refractivity contribution in [2.75, 3.05) is 6.26 Å². The molecule has 1 aromatic rings. The molecule has 1 aliphatic carbocycles. The van der Waals surface area contributed by atoms with Crippen molar-refractivity contribution in [1.29, 1.82) is 0 Å². The summed E-state index contributed by atoms with van der Waals surface area (Å²) < 4.78 is 54.0. The van der Waals surface area contributed by atoms with E-state index >= 15 is 0 Å². The average molecular weight is 399 g/mol. The van der Waals surface area contributed by atoms with E-state index in [2.05, 4.69) is 9.98 Å². The highest BCUT2D eigenvalue weighted by Gasteiger charge is 2.35. The van der Waals surface area contributed by atoms with Gasteiger partial charge in [-0.1, -0.05) is 18.2 Å². The molecule has 138 valence electrons. The summed E-state index contributed by atoms with van der Waals surface area (Å²) >= 11 is 1.26. The second-order valence-corrected chi connectivity index (χ2v) is 9.10. The van der Waals surface area contributed by atoms with Crippen LogP contribution in [-0.4, -0.2) is 43.6 Å². The topological polar surface area (TPSA) is 77.3 Å². The van der Waals surface area contributed by atoms with E-state index in [0.29, 0.717) is 10.7 Å². The number of hydrogen-bond donors (Lipinski definition) is 1. The number of rotatable bonds is 4. The number of halogens is 2. The zero-order chi connectivity index (χ0) is 18.9. The number of carbonyl (C=O) groups excluding carboxylic acids is 1. The van der Waals surface area contributed by atoms with E-state index in [4.69, 9.17) is 0 Å². The molecule has 26 heavy (non-hydrogen) atoms. The smallest absolute Gasteiger partial charge is 0.244 e. The van der Waals surface area contributed by atoms with Gasteiger partial charge < -0.3 is 0 Å². The van der Waals surface area contributed by atoms with Gasteiger partial charge in [-0.15, -0.1) is 0 Å². The highest BCUT2D eigenvalue weighted by Crippen LogP contribution is 2.34. The molecule has 1 N–H and O–H groups in total. The summed E-state index contributed by atoms with van der Waals surface area (Å²) in [6.45, 7) is 0. The number of allylic oxidation sites excluding steroid dienone is 1. The number of sulfone groups is 1. The molecule has 0 radical (unpaired) electrons. The summed E-state index contributed by atoms with van der Waals surface area (Å²) in [5.74, 6) is -0.855. The number of hydrogen-bond acceptors (Lipinski definition) is 4. The van der Waals surface area contributed by atoms with Gasteiger partial charge in [0.2, 0.25) is 5.55 Å². The minimum Gasteiger partial charge on any atom is -0.244 e. The number of amides is 1. The summed E-state index contributed by atoms with van der Waals surface area (Å²) in [6.07, 6.45) is -0.380. The summed E-state index contributed by atoms with van der Waals surface area (Å²) in [7, 11) is -3.36. The SMILES string of the molecule is CS(=O)(=O)c1ccc(/C(=C\C2CC(F)[C@@H](F)C2)C(=O)NC2=[N+]=CS2)cc1. The Kier molecular flexibility index (Phi) is 5.32. The first-order chi connectivity index (χ1) is 12.2. The van der Waals surface area contributed by atoms with E-state index in [9.17, 15) is 22.0 Å². The van der Waals surface area contributed by atoms with Crippen molar-refractivity contribution in [2.45, 2.75) is 30.1 Å². The van der Waals surface area contributed by atoms with Crippen molar-refractivity contribution in [3.8, 4) is 0 Å². The fraction of sp³-hybridized carbons (Fsp3) is 0.353. The van der Waals surface area contributed by atoms with Crippen LogP contribution in [-0.2, 0) is 14.6 Å². The van der Waals surface area contributed by atoms with Crippen LogP contribution in [0.3, 0.4) is 0 Å². The van der Waals surface area contributed by atoms with Crippen LogP contribution in [0.25, 0.3) is 5.57 Å². The first-order valence-corrected chi connectivity index (χ1v) is 10.7. The van der Waals surface area contributed by atoms with Gasteiger partial charge in [-0.25, -0.2) is 22.0 Å². The predicted octanol–water partition coefficient (Wildman–Crippen LogP) is 1.87. The lowest BCUT2D eigenvalue weighted by molar-refractivity contribution is -0.114. The number of nitrogens with zero attached hydrogens (tertiary/aromatic N) is 1. The molecule has 9 heteroatoms. The molecule has 5 nitrogen and oxygen atoms in total. The van der Waals surface area contributed by atoms with Crippen molar-refractivity contribution in [1.82, 2.24) is 9.98 Å². The maximum atomic E-state index is 13.5. The summed E-state index contributed by atoms with van der Waals surface area (Å²) in [5.41, 5.74) is 2.28. The summed E-state index contributed by atoms with van der Waals surface area (Å²) in [4.78, 5) is 12.7. The van der Waals surface area contributed by atoms with Crippen LogP contribution in [0.4, 0.5) is 8.78 Å². The van der Waals surface area contributed by atoms with Gasteiger partial charge in [-0.05, 0) is 36.5 Å². The lowest BCUT2D eigenvalue weighted by Crippen LogP contribution is -2.33. The van der Waals surface area contributed by atoms with Gasteiger partial charge in [0.15, 0.2) is 9.84 Å². The van der Waals surface area contributed by atoms with Crippen molar-refractivity contribution in [3.63, 3.8) is 0 Å². The van der Waals surface area contributed by atoms with Gasteiger partial charge >= 0.3 is 11.1 Å². The molecule has 0 bridgehead atoms. The quantitative estimate of drug-likeness (QED) is 0.620. The lowest BCUT2D eigenvalue weighted by atomic mass is 9.98. The Morgan fingerprint density at radius 1 is 1.23 bits per heavy atom. The minimum atomic E-state index is -3.36. The maximum Gasteiger partial charge on any atom is 0.421 e. The van der Waals surface area contributed by atoms with Crippen LogP contribution in [0.5, 0.6) is 0 Å². The molecule has 2 unspecified atom stereocenters. The third-order valence-electron chi connectivity index (χ3n) is 4.24. The molecule has 1 amide bonds. The minimum absolute atomic E-state index is 0.0167. The molecule has 1 aromatic carbocycles. The Labute approximate surface area is 154 Å². The molecule has 1 fully saturated rings. The van der Waals surface area contributed by atoms with Gasteiger partial charge in [0.05, 0.1) is 22.2 Å². The third-order valence-corrected chi connectivity index (χ3v) is 6.01. The average Bonchev–Trinajstić information content (AvgIpc) is 2.86. The van der Waals surface area contributed by atoms with Crippen molar-refractivity contribution < 1.29 is 22.0 Å². The fourth-order valence-corrected chi connectivity index (χ4v) is 3.85. The first kappa shape index (κ1) is 18.8. The Balaban J connectivity index is 1.92. The second kappa shape index (κ2) is 7.34. The van der Waals surface area contributed by atoms with Gasteiger partial charge in [-0.2, -0.15) is 9.98 Å². The van der Waals surface area contributed by atoms with Gasteiger partial charge in [0.1, 0.15) is 12.3 Å². The molecule has 0 saturated heterocycles. The first-order valence-electron chi connectivity index (χ1n) is 7.92. The van der Waals surface area contributed by atoms with E-state index < -0.39 is 34.0 Å². The molecule has 1 heterocycles. The fourth-order valence-electron chi connectivity index (χ4n) is 2.86. The lowest BCUT2D eigenvalue weighted by Gasteiger charge is -2.09. The van der Waals surface area contributed by atoms with Crippen LogP contribution >= 0.6 is 11.8 Å². The molecular weight excluding hydrogens is 382 g/mol. The van der Waals surface area contributed by atoms with E-state index in [1.165, 1.54) is 36.0 Å². The highest BCUT2D eigenvalue weighted by atomic mass is 32.2. The van der Waals surface area contributed by atoms with Crippen molar-refractivity contribution in [3.05, 3.63) is 35.9 Å². The molecule has 1 aliphatic heterocycles. The van der Waals surface area contributed by atoms with Crippen LogP contribution in [0.1, 0.15) is 18.4 Å². The number of amidine groups is 1. The zero-order valence-electron chi connectivity index (χ0n) is 13.9. The van der Waals surface area contributed by atoms with E-state index in [1.807, 2.05) is 0 Å². The summed E-state index contributed by atoms with van der Waals surface area (Å²) in [6, 6.07) is 5.83. The van der Waals surface area contributed by atoms with Crippen LogP contribution in [0, 0.1) is 5.92 Å². The maximum absolute atomic E-state index is 13.5. The molecule has 3 rings (SSSR count). The zero-order valence-corrected chi connectivity index (χ0v) is 15.5. The van der Waals surface area contributed by atoms with Gasteiger partial charge in [0, 0.05) is 6.26 Å². The third kappa shape index (κ3) is 4.23. The molecule has 3 atom stereocenters. The monoisotopic (exact) mass is 399 g/mol. The number of nitrogens with one attached hydrogen (secondary N) is 1. The Morgan fingerprint density at radius 2 is 1.81 bits per heavy atom. The van der Waals surface area contributed by atoms with E-state index in [-0.39, 0.29) is 23.3 Å². The Hall–Kier alpha value is -1.96. The van der Waals surface area contributed by atoms with Crippen LogP contribution in [0.2, 0.25) is 0 Å². The Morgan fingerprint density at radius 3 is 2.27 bits per heavy atom. The van der Waals surface area contributed by atoms with Gasteiger partial charge in [-0.3, -0.25) is 0 Å². The van der Waals surface area contributed by atoms with E-state index in [1.54, 1.807) is 11.6 Å². The van der Waals surface area contributed by atoms with Crippen LogP contribution in [0.15, 0.2) is 35.2 Å². The molecular formula is C17H17F2N2O3S2+. The number of carbonyl (C=O) groups is 1. The normalized spacial score (nSPS) is 25.6. The largest absolute Gasteiger partial charge is 0.421 e. The predicted molar refractivity (Wildman–Crippen MR) is 99.0 cm³/mol. The van der Waals surface area contributed by atoms with E-state index in [0.717, 1.165) is 6.26 Å². The summed E-state index contributed by atoms with van der Waals surface area (Å²) in [5, 5.41) is 3.06. The highest BCUT2D eigenvalue weighted by molar-refractivity contribution is 8.26. The number of benzene rings is 1. The standard InChI is InChI=1S/C17H16F2N2O3S2/c1-26(23,24)12-4-2-11(3-5-12)13(16(22)21-17-20-9-25-17)6-10-7-14(18)15(19)8-10/h2-6,9-10,14-15H,7-8H2,1H3/p+1/b13-6+/t10?,14-,15?/m0/s1. The molecule has 0 aromatic heterocycles. The molecule has 0 spiro atoms. The number of alkyl halides is 2. The number of thioether (sulfide) groups is 1. The van der Waals surface area contributed by atoms with Crippen molar-refractivity contribution in [2.24, 2.45) is 5.92 Å².